The average molecular weight is 326 g/mol. The second-order valence-corrected chi connectivity index (χ2v) is 3.79. The molecule has 0 aromatic rings. The van der Waals surface area contributed by atoms with E-state index in [0.29, 0.717) is 0 Å². The Morgan fingerprint density at radius 1 is 0.773 bits per heavy atom. The van der Waals surface area contributed by atoms with Crippen LogP contribution in [0.25, 0.3) is 0 Å². The molecule has 128 valence electrons. The minimum Gasteiger partial charge on any atom is -0.394 e. The first-order chi connectivity index (χ1) is 10.1. The van der Waals surface area contributed by atoms with E-state index in [1.54, 1.807) is 0 Å². The Labute approximate surface area is 124 Å². The Bertz CT molecular complexity index is 351. The van der Waals surface area contributed by atoms with Gasteiger partial charge in [0.15, 0.2) is 0 Å². The smallest absolute Gasteiger partial charge is 0.394 e. The number of hydrogen-bond donors (Lipinski definition) is 5. The lowest BCUT2D eigenvalue weighted by atomic mass is 10.4. The van der Waals surface area contributed by atoms with E-state index in [0.717, 1.165) is 13.8 Å². The molecule has 0 aliphatic heterocycles. The van der Waals surface area contributed by atoms with Gasteiger partial charge in [0.25, 0.3) is 0 Å². The van der Waals surface area contributed by atoms with Crippen LogP contribution in [-0.2, 0) is 28.7 Å². The summed E-state index contributed by atoms with van der Waals surface area (Å²) in [5.41, 5.74) is 0. The van der Waals surface area contributed by atoms with Crippen molar-refractivity contribution >= 4 is 23.9 Å². The van der Waals surface area contributed by atoms with Gasteiger partial charge in [-0.1, -0.05) is 0 Å². The van der Waals surface area contributed by atoms with Gasteiger partial charge in [-0.05, 0) is 13.8 Å². The predicted octanol–water partition coefficient (Wildman–Crippen LogP) is -3.78. The fourth-order valence-corrected chi connectivity index (χ4v) is 0.494. The van der Waals surface area contributed by atoms with Gasteiger partial charge in [0.1, 0.15) is 18.3 Å². The summed E-state index contributed by atoms with van der Waals surface area (Å²) in [5.74, 6) is -6.21. The third-order valence-electron chi connectivity index (χ3n) is 1.66. The molecule has 0 fully saturated rings. The van der Waals surface area contributed by atoms with Crippen LogP contribution in [0.1, 0.15) is 13.8 Å². The Balaban J connectivity index is 0. The molecule has 0 spiro atoms. The molecule has 0 bridgehead atoms. The normalized spacial score (nSPS) is 12.5. The van der Waals surface area contributed by atoms with Gasteiger partial charge < -0.3 is 35.0 Å². The van der Waals surface area contributed by atoms with E-state index >= 15 is 0 Å². The highest BCUT2D eigenvalue weighted by Gasteiger charge is 2.27. The summed E-state index contributed by atoms with van der Waals surface area (Å²) in [4.78, 5) is 42.8. The molecule has 0 aliphatic rings. The number of hydrogen-bond acceptors (Lipinski definition) is 11. The van der Waals surface area contributed by atoms with Gasteiger partial charge in [-0.3, -0.25) is 0 Å². The van der Waals surface area contributed by atoms with Gasteiger partial charge >= 0.3 is 23.9 Å². The van der Waals surface area contributed by atoms with Crippen LogP contribution in [0.5, 0.6) is 0 Å². The zero-order chi connectivity index (χ0) is 17.9. The van der Waals surface area contributed by atoms with Crippen molar-refractivity contribution in [1.29, 1.82) is 0 Å². The molecule has 0 saturated carbocycles. The third-order valence-corrected chi connectivity index (χ3v) is 1.66. The van der Waals surface area contributed by atoms with Crippen molar-refractivity contribution in [3.63, 3.8) is 0 Å². The summed E-state index contributed by atoms with van der Waals surface area (Å²) in [7, 11) is 0. The van der Waals surface area contributed by atoms with Gasteiger partial charge in [-0.15, -0.1) is 0 Å². The van der Waals surface area contributed by atoms with Gasteiger partial charge in [0, 0.05) is 0 Å². The number of esters is 4. The van der Waals surface area contributed by atoms with Crippen molar-refractivity contribution < 1.29 is 54.2 Å². The molecule has 0 aromatic heterocycles. The SMILES string of the molecule is CC(O)C(=O)OC(=O)C(=O)OC(=O)C(C)O.OCC(O)CO. The standard InChI is InChI=1S/C8H10O8.C3H8O3/c1-3(9)5(11)15-7(13)8(14)16-6(12)4(2)10;4-1-3(6)2-5/h3-4,9-10H,1-2H3;3-6H,1-2H2. The minimum absolute atomic E-state index is 0.365. The average Bonchev–Trinajstić information content (AvgIpc) is 2.46. The molecular weight excluding hydrogens is 308 g/mol. The van der Waals surface area contributed by atoms with Gasteiger partial charge in [-0.2, -0.15) is 0 Å². The summed E-state index contributed by atoms with van der Waals surface area (Å²) in [5, 5.41) is 41.3. The van der Waals surface area contributed by atoms with Crippen LogP contribution in [0.4, 0.5) is 0 Å². The van der Waals surface area contributed by atoms with E-state index in [-0.39, 0.29) is 13.2 Å². The Morgan fingerprint density at radius 2 is 1.05 bits per heavy atom. The maximum absolute atomic E-state index is 10.8. The molecule has 0 amide bonds. The zero-order valence-corrected chi connectivity index (χ0v) is 11.8. The molecular formula is C11H18O11. The van der Waals surface area contributed by atoms with E-state index in [1.165, 1.54) is 0 Å². The molecule has 11 heteroatoms. The molecule has 2 atom stereocenters. The number of rotatable bonds is 4. The molecule has 0 aliphatic carbocycles. The number of carbonyl (C=O) groups is 4. The molecule has 2 unspecified atom stereocenters. The quantitative estimate of drug-likeness (QED) is 0.194. The maximum atomic E-state index is 10.8. The largest absolute Gasteiger partial charge is 0.425 e. The van der Waals surface area contributed by atoms with Gasteiger partial charge in [0.2, 0.25) is 0 Å². The summed E-state index contributed by atoms with van der Waals surface area (Å²) in [6.07, 6.45) is -4.14. The zero-order valence-electron chi connectivity index (χ0n) is 11.8. The summed E-state index contributed by atoms with van der Waals surface area (Å²) < 4.78 is 7.64. The molecule has 0 heterocycles. The number of aliphatic hydroxyl groups excluding tert-OH is 5. The molecule has 0 aromatic carbocycles. The monoisotopic (exact) mass is 326 g/mol. The summed E-state index contributed by atoms with van der Waals surface area (Å²) >= 11 is 0. The Morgan fingerprint density at radius 3 is 1.18 bits per heavy atom. The molecule has 22 heavy (non-hydrogen) atoms. The molecule has 0 saturated heterocycles. The van der Waals surface area contributed by atoms with Gasteiger partial charge in [0.05, 0.1) is 13.2 Å². The van der Waals surface area contributed by atoms with Crippen LogP contribution in [0.2, 0.25) is 0 Å². The first kappa shape index (κ1) is 22.4. The van der Waals surface area contributed by atoms with Crippen molar-refractivity contribution in [3.8, 4) is 0 Å². The second kappa shape index (κ2) is 11.7. The van der Waals surface area contributed by atoms with Crippen LogP contribution in [0, 0.1) is 0 Å². The van der Waals surface area contributed by atoms with Crippen LogP contribution < -0.4 is 0 Å². The molecule has 5 N–H and O–H groups in total. The first-order valence-corrected chi connectivity index (χ1v) is 5.84. The van der Waals surface area contributed by atoms with Crippen molar-refractivity contribution in [1.82, 2.24) is 0 Å². The lowest BCUT2D eigenvalue weighted by molar-refractivity contribution is -0.181. The Hall–Kier alpha value is -1.92. The van der Waals surface area contributed by atoms with Crippen molar-refractivity contribution in [2.75, 3.05) is 13.2 Å². The number of aliphatic hydroxyl groups is 5. The van der Waals surface area contributed by atoms with Crippen LogP contribution in [-0.4, -0.2) is 80.9 Å². The first-order valence-electron chi connectivity index (χ1n) is 5.84. The summed E-state index contributed by atoms with van der Waals surface area (Å²) in [6, 6.07) is 0. The summed E-state index contributed by atoms with van der Waals surface area (Å²) in [6.45, 7) is 1.30. The van der Waals surface area contributed by atoms with Crippen LogP contribution in [0.3, 0.4) is 0 Å². The van der Waals surface area contributed by atoms with Crippen LogP contribution >= 0.6 is 0 Å². The van der Waals surface area contributed by atoms with Crippen molar-refractivity contribution in [2.24, 2.45) is 0 Å². The topological polar surface area (TPSA) is 188 Å². The lowest BCUT2D eigenvalue weighted by Gasteiger charge is -2.05. The fourth-order valence-electron chi connectivity index (χ4n) is 0.494. The number of ether oxygens (including phenoxy) is 2. The highest BCUT2D eigenvalue weighted by Crippen LogP contribution is 1.93. The second-order valence-electron chi connectivity index (χ2n) is 3.79. The van der Waals surface area contributed by atoms with Crippen LogP contribution in [0.15, 0.2) is 0 Å². The Kier molecular flexibility index (Phi) is 11.9. The number of carbonyl (C=O) groups excluding carboxylic acids is 4. The van der Waals surface area contributed by atoms with E-state index < -0.39 is 42.2 Å². The van der Waals surface area contributed by atoms with Crippen molar-refractivity contribution in [3.05, 3.63) is 0 Å². The van der Waals surface area contributed by atoms with E-state index in [4.69, 9.17) is 25.5 Å². The highest BCUT2D eigenvalue weighted by molar-refractivity contribution is 6.33. The fraction of sp³-hybridized carbons (Fsp3) is 0.636. The molecule has 11 nitrogen and oxygen atoms in total. The van der Waals surface area contributed by atoms with Crippen molar-refractivity contribution in [2.45, 2.75) is 32.2 Å². The van der Waals surface area contributed by atoms with E-state index in [2.05, 4.69) is 9.47 Å². The van der Waals surface area contributed by atoms with E-state index in [1.807, 2.05) is 0 Å². The minimum atomic E-state index is -1.75. The predicted molar refractivity (Wildman–Crippen MR) is 65.7 cm³/mol. The molecule has 0 radical (unpaired) electrons. The third kappa shape index (κ3) is 10.8. The van der Waals surface area contributed by atoms with Gasteiger partial charge in [-0.25, -0.2) is 19.2 Å². The van der Waals surface area contributed by atoms with E-state index in [9.17, 15) is 19.2 Å². The highest BCUT2D eigenvalue weighted by atomic mass is 16.6. The molecule has 0 rings (SSSR count). The lowest BCUT2D eigenvalue weighted by Crippen LogP contribution is -2.32. The maximum Gasteiger partial charge on any atom is 0.425 e.